The first-order chi connectivity index (χ1) is 9.51. The van der Waals surface area contributed by atoms with Crippen LogP contribution >= 0.6 is 15.9 Å². The minimum Gasteiger partial charge on any atom is -0.456 e. The molecular weight excluding hydrogens is 318 g/mol. The lowest BCUT2D eigenvalue weighted by atomic mass is 10.1. The van der Waals surface area contributed by atoms with Gasteiger partial charge in [-0.05, 0) is 59.6 Å². The van der Waals surface area contributed by atoms with Gasteiger partial charge in [0.15, 0.2) is 0 Å². The number of rotatable bonds is 3. The maximum absolute atomic E-state index is 9.78. The van der Waals surface area contributed by atoms with Crippen molar-refractivity contribution in [2.24, 2.45) is 0 Å². The summed E-state index contributed by atoms with van der Waals surface area (Å²) in [6, 6.07) is 12.8. The van der Waals surface area contributed by atoms with Gasteiger partial charge < -0.3 is 9.84 Å². The van der Waals surface area contributed by atoms with Gasteiger partial charge in [-0.1, -0.05) is 12.1 Å². The van der Waals surface area contributed by atoms with Crippen LogP contribution in [0.25, 0.3) is 0 Å². The molecule has 0 aliphatic heterocycles. The zero-order valence-corrected chi connectivity index (χ0v) is 12.8. The molecule has 0 aliphatic carbocycles. The maximum Gasteiger partial charge on any atom is 0.141 e. The molecule has 0 aliphatic rings. The second kappa shape index (κ2) is 6.08. The summed E-state index contributed by atoms with van der Waals surface area (Å²) >= 11 is 3.45. The summed E-state index contributed by atoms with van der Waals surface area (Å²) < 4.78 is 6.67. The van der Waals surface area contributed by atoms with Gasteiger partial charge in [-0.3, -0.25) is 0 Å². The van der Waals surface area contributed by atoms with Gasteiger partial charge in [0, 0.05) is 5.56 Å². The van der Waals surface area contributed by atoms with Gasteiger partial charge in [0.2, 0.25) is 0 Å². The second-order valence-corrected chi connectivity index (χ2v) is 5.43. The molecule has 0 spiro atoms. The van der Waals surface area contributed by atoms with Crippen LogP contribution in [0.2, 0.25) is 0 Å². The van der Waals surface area contributed by atoms with Gasteiger partial charge in [0.05, 0.1) is 22.2 Å². The molecule has 0 amide bonds. The van der Waals surface area contributed by atoms with Gasteiger partial charge in [-0.2, -0.15) is 5.26 Å². The fourth-order valence-corrected chi connectivity index (χ4v) is 2.42. The first kappa shape index (κ1) is 14.6. The number of hydrogen-bond donors (Lipinski definition) is 1. The van der Waals surface area contributed by atoms with E-state index in [1.54, 1.807) is 25.1 Å². The van der Waals surface area contributed by atoms with Crippen LogP contribution in [-0.2, 0) is 0 Å². The van der Waals surface area contributed by atoms with E-state index in [-0.39, 0.29) is 0 Å². The molecule has 2 aromatic carbocycles. The smallest absolute Gasteiger partial charge is 0.141 e. The molecule has 1 N–H and O–H groups in total. The predicted molar refractivity (Wildman–Crippen MR) is 80.7 cm³/mol. The molecule has 0 saturated carbocycles. The Kier molecular flexibility index (Phi) is 4.43. The van der Waals surface area contributed by atoms with Crippen molar-refractivity contribution in [2.75, 3.05) is 0 Å². The van der Waals surface area contributed by atoms with Crippen molar-refractivity contribution >= 4 is 15.9 Å². The van der Waals surface area contributed by atoms with E-state index in [9.17, 15) is 5.11 Å². The largest absolute Gasteiger partial charge is 0.456 e. The summed E-state index contributed by atoms with van der Waals surface area (Å²) in [6.45, 7) is 3.66. The van der Waals surface area contributed by atoms with Crippen molar-refractivity contribution < 1.29 is 9.84 Å². The quantitative estimate of drug-likeness (QED) is 0.902. The van der Waals surface area contributed by atoms with Gasteiger partial charge in [-0.15, -0.1) is 0 Å². The number of aliphatic hydroxyl groups excluding tert-OH is 1. The van der Waals surface area contributed by atoms with Crippen molar-refractivity contribution in [1.29, 1.82) is 5.26 Å². The average Bonchev–Trinajstić information content (AvgIpc) is 2.41. The normalized spacial score (nSPS) is 11.8. The van der Waals surface area contributed by atoms with Gasteiger partial charge in [-0.25, -0.2) is 0 Å². The van der Waals surface area contributed by atoms with E-state index in [1.807, 2.05) is 25.1 Å². The highest BCUT2D eigenvalue weighted by molar-refractivity contribution is 9.10. The van der Waals surface area contributed by atoms with Crippen LogP contribution < -0.4 is 4.74 Å². The van der Waals surface area contributed by atoms with E-state index >= 15 is 0 Å². The molecule has 4 heteroatoms. The molecular formula is C16H14BrNO2. The molecule has 2 rings (SSSR count). The number of aryl methyl sites for hydroxylation is 1. The van der Waals surface area contributed by atoms with Crippen molar-refractivity contribution in [3.8, 4) is 17.6 Å². The molecule has 0 bridgehead atoms. The van der Waals surface area contributed by atoms with E-state index in [0.29, 0.717) is 22.6 Å². The standard InChI is InChI=1S/C16H14BrNO2/c1-10-3-6-15(14(17)7-10)20-16-8-12(9-18)4-5-13(16)11(2)19/h3-8,11,19H,1-2H3/t11-/m0/s1. The van der Waals surface area contributed by atoms with E-state index < -0.39 is 6.10 Å². The topological polar surface area (TPSA) is 53.2 Å². The number of hydrogen-bond acceptors (Lipinski definition) is 3. The lowest BCUT2D eigenvalue weighted by molar-refractivity contribution is 0.195. The predicted octanol–water partition coefficient (Wildman–Crippen LogP) is 4.47. The lowest BCUT2D eigenvalue weighted by Crippen LogP contribution is -1.97. The Morgan fingerprint density at radius 1 is 1.20 bits per heavy atom. The van der Waals surface area contributed by atoms with Gasteiger partial charge >= 0.3 is 0 Å². The van der Waals surface area contributed by atoms with E-state index in [0.717, 1.165) is 10.0 Å². The lowest BCUT2D eigenvalue weighted by Gasteiger charge is -2.14. The van der Waals surface area contributed by atoms with Crippen LogP contribution in [0.3, 0.4) is 0 Å². The van der Waals surface area contributed by atoms with Crippen molar-refractivity contribution in [3.63, 3.8) is 0 Å². The molecule has 0 saturated heterocycles. The SMILES string of the molecule is Cc1ccc(Oc2cc(C#N)ccc2[C@H](C)O)c(Br)c1. The maximum atomic E-state index is 9.78. The van der Waals surface area contributed by atoms with Crippen LogP contribution in [0.4, 0.5) is 0 Å². The Balaban J connectivity index is 2.43. The highest BCUT2D eigenvalue weighted by Gasteiger charge is 2.12. The number of benzene rings is 2. The average molecular weight is 332 g/mol. The second-order valence-electron chi connectivity index (χ2n) is 4.58. The minimum atomic E-state index is -0.665. The van der Waals surface area contributed by atoms with Gasteiger partial charge in [0.1, 0.15) is 11.5 Å². The summed E-state index contributed by atoms with van der Waals surface area (Å²) in [6.07, 6.45) is -0.665. The Morgan fingerprint density at radius 2 is 1.95 bits per heavy atom. The molecule has 3 nitrogen and oxygen atoms in total. The first-order valence-electron chi connectivity index (χ1n) is 6.17. The molecule has 2 aromatic rings. The molecule has 102 valence electrons. The third-order valence-corrected chi connectivity index (χ3v) is 3.52. The van der Waals surface area contributed by atoms with Crippen molar-refractivity contribution in [2.45, 2.75) is 20.0 Å². The summed E-state index contributed by atoms with van der Waals surface area (Å²) in [5.41, 5.74) is 2.26. The Hall–Kier alpha value is -1.83. The number of nitriles is 1. The van der Waals surface area contributed by atoms with Crippen LogP contribution in [0.1, 0.15) is 29.7 Å². The fraction of sp³-hybridized carbons (Fsp3) is 0.188. The van der Waals surface area contributed by atoms with E-state index in [4.69, 9.17) is 10.00 Å². The molecule has 0 heterocycles. The summed E-state index contributed by atoms with van der Waals surface area (Å²) in [7, 11) is 0. The number of halogens is 1. The van der Waals surface area contributed by atoms with Crippen molar-refractivity contribution in [1.82, 2.24) is 0 Å². The molecule has 0 aromatic heterocycles. The summed E-state index contributed by atoms with van der Waals surface area (Å²) in [5, 5.41) is 18.8. The third kappa shape index (κ3) is 3.19. The number of nitrogens with zero attached hydrogens (tertiary/aromatic N) is 1. The van der Waals surface area contributed by atoms with E-state index in [2.05, 4.69) is 22.0 Å². The minimum absolute atomic E-state index is 0.489. The number of ether oxygens (including phenoxy) is 1. The van der Waals surface area contributed by atoms with Crippen LogP contribution in [0.5, 0.6) is 11.5 Å². The van der Waals surface area contributed by atoms with Crippen LogP contribution in [0, 0.1) is 18.3 Å². The number of aliphatic hydroxyl groups is 1. The first-order valence-corrected chi connectivity index (χ1v) is 6.96. The Bertz CT molecular complexity index is 675. The zero-order chi connectivity index (χ0) is 14.7. The van der Waals surface area contributed by atoms with Crippen LogP contribution in [0.15, 0.2) is 40.9 Å². The molecule has 0 fully saturated rings. The van der Waals surface area contributed by atoms with E-state index in [1.165, 1.54) is 0 Å². The zero-order valence-electron chi connectivity index (χ0n) is 11.2. The summed E-state index contributed by atoms with van der Waals surface area (Å²) in [4.78, 5) is 0. The molecule has 0 radical (unpaired) electrons. The molecule has 20 heavy (non-hydrogen) atoms. The Morgan fingerprint density at radius 3 is 2.55 bits per heavy atom. The van der Waals surface area contributed by atoms with Crippen molar-refractivity contribution in [3.05, 3.63) is 57.6 Å². The Labute approximate surface area is 126 Å². The highest BCUT2D eigenvalue weighted by atomic mass is 79.9. The molecule has 1 atom stereocenters. The van der Waals surface area contributed by atoms with Gasteiger partial charge in [0.25, 0.3) is 0 Å². The highest BCUT2D eigenvalue weighted by Crippen LogP contribution is 2.34. The fourth-order valence-electron chi connectivity index (χ4n) is 1.84. The molecule has 0 unspecified atom stereocenters. The third-order valence-electron chi connectivity index (χ3n) is 2.90. The van der Waals surface area contributed by atoms with Crippen LogP contribution in [-0.4, -0.2) is 5.11 Å². The summed E-state index contributed by atoms with van der Waals surface area (Å²) in [5.74, 6) is 1.14. The monoisotopic (exact) mass is 331 g/mol.